The van der Waals surface area contributed by atoms with Gasteiger partial charge in [0.2, 0.25) is 0 Å². The number of benzene rings is 1. The maximum absolute atomic E-state index is 11.9. The summed E-state index contributed by atoms with van der Waals surface area (Å²) in [5.41, 5.74) is 1.97. The summed E-state index contributed by atoms with van der Waals surface area (Å²) in [6.07, 6.45) is 2.60. The zero-order valence-corrected chi connectivity index (χ0v) is 17.4. The van der Waals surface area contributed by atoms with Crippen molar-refractivity contribution < 1.29 is 9.76 Å². The molecule has 1 aliphatic heterocycles. The summed E-state index contributed by atoms with van der Waals surface area (Å²) >= 11 is 0. The molecule has 10 nitrogen and oxygen atoms in total. The van der Waals surface area contributed by atoms with Crippen molar-refractivity contribution in [1.29, 1.82) is 0 Å². The van der Waals surface area contributed by atoms with Gasteiger partial charge in [0.15, 0.2) is 11.6 Å². The number of rotatable bonds is 8. The summed E-state index contributed by atoms with van der Waals surface area (Å²) in [6.45, 7) is 6.06. The molecule has 10 heteroatoms. The van der Waals surface area contributed by atoms with Crippen molar-refractivity contribution in [2.24, 2.45) is 4.99 Å². The monoisotopic (exact) mass is 421 g/mol. The van der Waals surface area contributed by atoms with Crippen molar-refractivity contribution in [3.63, 3.8) is 0 Å². The Bertz CT molecular complexity index is 1110. The fraction of sp³-hybridized carbons (Fsp3) is 0.333. The lowest BCUT2D eigenvalue weighted by Gasteiger charge is -2.19. The molecule has 0 amide bonds. The van der Waals surface area contributed by atoms with E-state index in [4.69, 9.17) is 4.84 Å². The van der Waals surface area contributed by atoms with Gasteiger partial charge in [-0.1, -0.05) is 26.0 Å². The fourth-order valence-electron chi connectivity index (χ4n) is 3.59. The van der Waals surface area contributed by atoms with Gasteiger partial charge in [-0.05, 0) is 24.6 Å². The SMILES string of the molecule is CCCN(CC)OCc1nnc2n1-c1cccc([N+](=O)[O-])c1C(c1ccccn1)=NC2. The van der Waals surface area contributed by atoms with Crippen LogP contribution in [0.1, 0.15) is 43.2 Å². The van der Waals surface area contributed by atoms with Gasteiger partial charge >= 0.3 is 0 Å². The predicted octanol–water partition coefficient (Wildman–Crippen LogP) is 3.09. The van der Waals surface area contributed by atoms with Crippen LogP contribution in [0.15, 0.2) is 47.6 Å². The van der Waals surface area contributed by atoms with E-state index in [0.29, 0.717) is 34.3 Å². The second-order valence-corrected chi connectivity index (χ2v) is 6.97. The summed E-state index contributed by atoms with van der Waals surface area (Å²) in [5, 5.41) is 22.3. The Hall–Kier alpha value is -3.50. The summed E-state index contributed by atoms with van der Waals surface area (Å²) in [4.78, 5) is 26.4. The highest BCUT2D eigenvalue weighted by atomic mass is 16.7. The van der Waals surface area contributed by atoms with E-state index in [1.165, 1.54) is 6.07 Å². The summed E-state index contributed by atoms with van der Waals surface area (Å²) in [6, 6.07) is 10.4. The number of aromatic nitrogens is 4. The van der Waals surface area contributed by atoms with Gasteiger partial charge < -0.3 is 0 Å². The molecule has 2 aromatic heterocycles. The van der Waals surface area contributed by atoms with Crippen LogP contribution >= 0.6 is 0 Å². The topological polar surface area (TPSA) is 112 Å². The molecule has 0 spiro atoms. The first-order valence-corrected chi connectivity index (χ1v) is 10.2. The van der Waals surface area contributed by atoms with E-state index in [0.717, 1.165) is 19.5 Å². The maximum atomic E-state index is 11.9. The number of nitro benzene ring substituents is 1. The number of hydroxylamine groups is 2. The third-order valence-corrected chi connectivity index (χ3v) is 4.98. The quantitative estimate of drug-likeness (QED) is 0.406. The molecule has 0 N–H and O–H groups in total. The summed E-state index contributed by atoms with van der Waals surface area (Å²) < 4.78 is 1.81. The van der Waals surface area contributed by atoms with Gasteiger partial charge in [0, 0.05) is 25.4 Å². The number of hydrogen-bond donors (Lipinski definition) is 0. The average Bonchev–Trinajstić information content (AvgIpc) is 3.11. The van der Waals surface area contributed by atoms with Gasteiger partial charge in [-0.15, -0.1) is 10.2 Å². The van der Waals surface area contributed by atoms with Crippen LogP contribution in [-0.2, 0) is 18.0 Å². The first-order chi connectivity index (χ1) is 15.1. The second kappa shape index (κ2) is 9.11. The minimum atomic E-state index is -0.400. The highest BCUT2D eigenvalue weighted by molar-refractivity contribution is 6.16. The number of fused-ring (bicyclic) bond motifs is 3. The zero-order chi connectivity index (χ0) is 21.8. The van der Waals surface area contributed by atoms with E-state index in [9.17, 15) is 10.1 Å². The molecule has 0 saturated carbocycles. The van der Waals surface area contributed by atoms with Crippen LogP contribution in [0.4, 0.5) is 5.69 Å². The van der Waals surface area contributed by atoms with E-state index >= 15 is 0 Å². The number of hydrogen-bond acceptors (Lipinski definition) is 8. The molecule has 3 aromatic rings. The highest BCUT2D eigenvalue weighted by Crippen LogP contribution is 2.32. The largest absolute Gasteiger partial charge is 0.291 e. The molecule has 4 rings (SSSR count). The van der Waals surface area contributed by atoms with Gasteiger partial charge in [0.1, 0.15) is 18.7 Å². The van der Waals surface area contributed by atoms with Crippen molar-refractivity contribution >= 4 is 11.4 Å². The Morgan fingerprint density at radius 1 is 1.19 bits per heavy atom. The Morgan fingerprint density at radius 3 is 2.77 bits per heavy atom. The number of nitro groups is 1. The van der Waals surface area contributed by atoms with Crippen LogP contribution in [0.5, 0.6) is 0 Å². The molecule has 1 aromatic carbocycles. The molecule has 0 radical (unpaired) electrons. The first kappa shape index (κ1) is 20.8. The van der Waals surface area contributed by atoms with E-state index < -0.39 is 4.92 Å². The summed E-state index contributed by atoms with van der Waals surface area (Å²) in [5.74, 6) is 1.15. The molecular weight excluding hydrogens is 398 g/mol. The van der Waals surface area contributed by atoms with Crippen LogP contribution in [0.25, 0.3) is 5.69 Å². The molecule has 31 heavy (non-hydrogen) atoms. The molecule has 0 fully saturated rings. The molecule has 160 valence electrons. The fourth-order valence-corrected chi connectivity index (χ4v) is 3.59. The number of pyridine rings is 1. The van der Waals surface area contributed by atoms with E-state index in [-0.39, 0.29) is 18.8 Å². The molecule has 0 bridgehead atoms. The lowest BCUT2D eigenvalue weighted by atomic mass is 10.0. The molecular formula is C21H23N7O3. The zero-order valence-electron chi connectivity index (χ0n) is 17.4. The standard InChI is InChI=1S/C21H23N7O3/c1-3-12-26(4-2)31-14-19-25-24-18-13-23-21(15-8-5-6-11-22-15)20-16(27(18)19)9-7-10-17(20)28(29)30/h5-11H,3-4,12-14H2,1-2H3. The van der Waals surface area contributed by atoms with Gasteiger partial charge in [-0.25, -0.2) is 0 Å². The van der Waals surface area contributed by atoms with Crippen molar-refractivity contribution in [1.82, 2.24) is 24.8 Å². The number of nitrogens with zero attached hydrogens (tertiary/aromatic N) is 7. The van der Waals surface area contributed by atoms with Crippen LogP contribution in [-0.4, -0.2) is 48.5 Å². The van der Waals surface area contributed by atoms with Gasteiger partial charge in [0.25, 0.3) is 5.69 Å². The van der Waals surface area contributed by atoms with E-state index in [2.05, 4.69) is 27.1 Å². The maximum Gasteiger partial charge on any atom is 0.280 e. The van der Waals surface area contributed by atoms with Crippen LogP contribution in [0.3, 0.4) is 0 Å². The molecule has 0 aliphatic carbocycles. The van der Waals surface area contributed by atoms with Crippen LogP contribution < -0.4 is 0 Å². The normalized spacial score (nSPS) is 12.8. The molecule has 0 unspecified atom stereocenters. The smallest absolute Gasteiger partial charge is 0.280 e. The lowest BCUT2D eigenvalue weighted by Crippen LogP contribution is -2.25. The van der Waals surface area contributed by atoms with Crippen molar-refractivity contribution in [2.45, 2.75) is 33.4 Å². The van der Waals surface area contributed by atoms with Crippen molar-refractivity contribution in [2.75, 3.05) is 13.1 Å². The first-order valence-electron chi connectivity index (χ1n) is 10.2. The van der Waals surface area contributed by atoms with Gasteiger partial charge in [0.05, 0.1) is 22.0 Å². The minimum Gasteiger partial charge on any atom is -0.291 e. The van der Waals surface area contributed by atoms with Crippen molar-refractivity contribution in [3.05, 3.63) is 75.6 Å². The Kier molecular flexibility index (Phi) is 6.10. The Morgan fingerprint density at radius 2 is 2.06 bits per heavy atom. The third kappa shape index (κ3) is 4.07. The lowest BCUT2D eigenvalue weighted by molar-refractivity contribution is -0.385. The predicted molar refractivity (Wildman–Crippen MR) is 114 cm³/mol. The number of aliphatic imine (C=N–C) groups is 1. The van der Waals surface area contributed by atoms with Gasteiger partial charge in [-0.2, -0.15) is 5.06 Å². The molecule has 0 atom stereocenters. The van der Waals surface area contributed by atoms with E-state index in [1.807, 2.05) is 28.7 Å². The highest BCUT2D eigenvalue weighted by Gasteiger charge is 2.30. The van der Waals surface area contributed by atoms with Crippen LogP contribution in [0.2, 0.25) is 0 Å². The van der Waals surface area contributed by atoms with Crippen LogP contribution in [0, 0.1) is 10.1 Å². The Labute approximate surface area is 179 Å². The Balaban J connectivity index is 1.83. The average molecular weight is 421 g/mol. The van der Waals surface area contributed by atoms with E-state index in [1.54, 1.807) is 24.4 Å². The van der Waals surface area contributed by atoms with Gasteiger partial charge in [-0.3, -0.25) is 29.5 Å². The molecule has 0 saturated heterocycles. The second-order valence-electron chi connectivity index (χ2n) is 6.97. The third-order valence-electron chi connectivity index (χ3n) is 4.98. The van der Waals surface area contributed by atoms with Crippen molar-refractivity contribution in [3.8, 4) is 5.69 Å². The molecule has 3 heterocycles. The minimum absolute atomic E-state index is 0.0449. The summed E-state index contributed by atoms with van der Waals surface area (Å²) in [7, 11) is 0. The molecule has 1 aliphatic rings.